The first-order valence-corrected chi connectivity index (χ1v) is 14.2. The van der Waals surface area contributed by atoms with Crippen LogP contribution in [-0.2, 0) is 6.42 Å². The molecule has 0 nitrogen and oxygen atoms in total. The van der Waals surface area contributed by atoms with Crippen molar-refractivity contribution in [1.29, 1.82) is 0 Å². The van der Waals surface area contributed by atoms with Gasteiger partial charge in [-0.1, -0.05) is 140 Å². The van der Waals surface area contributed by atoms with Crippen LogP contribution < -0.4 is 0 Å². The molecule has 0 heteroatoms. The van der Waals surface area contributed by atoms with Gasteiger partial charge in [-0.05, 0) is 95.8 Å². The molecule has 1 aliphatic carbocycles. The van der Waals surface area contributed by atoms with Crippen LogP contribution in [-0.4, -0.2) is 0 Å². The number of hydrogen-bond acceptors (Lipinski definition) is 0. The molecule has 0 amide bonds. The SMILES string of the molecule is c1ccc(C2=C(c3c4ccccc4c(-c4ccc5ccccc5c4)c4ccccc34)c3ccccc3CC2)cc1. The number of aryl methyl sites for hydroxylation is 1. The molecule has 0 aromatic heterocycles. The van der Waals surface area contributed by atoms with Crippen molar-refractivity contribution in [3.8, 4) is 11.1 Å². The zero-order chi connectivity index (χ0) is 26.5. The van der Waals surface area contributed by atoms with E-state index in [1.807, 2.05) is 0 Å². The van der Waals surface area contributed by atoms with Crippen molar-refractivity contribution in [1.82, 2.24) is 0 Å². The fourth-order valence-electron chi connectivity index (χ4n) is 6.80. The zero-order valence-electron chi connectivity index (χ0n) is 22.3. The molecule has 8 rings (SSSR count). The fourth-order valence-corrected chi connectivity index (χ4v) is 6.80. The number of allylic oxidation sites excluding steroid dienone is 1. The Balaban J connectivity index is 1.53. The molecule has 40 heavy (non-hydrogen) atoms. The maximum atomic E-state index is 2.35. The van der Waals surface area contributed by atoms with Gasteiger partial charge >= 0.3 is 0 Å². The Kier molecular flexibility index (Phi) is 5.38. The van der Waals surface area contributed by atoms with Gasteiger partial charge in [0.1, 0.15) is 0 Å². The third-order valence-corrected chi connectivity index (χ3v) is 8.57. The predicted molar refractivity (Wildman–Crippen MR) is 172 cm³/mol. The highest BCUT2D eigenvalue weighted by Gasteiger charge is 2.25. The van der Waals surface area contributed by atoms with Crippen molar-refractivity contribution < 1.29 is 0 Å². The Morgan fingerprint density at radius 2 is 0.950 bits per heavy atom. The average Bonchev–Trinajstić information content (AvgIpc) is 3.03. The molecule has 1 aliphatic rings. The molecule has 0 unspecified atom stereocenters. The van der Waals surface area contributed by atoms with Crippen LogP contribution in [0.5, 0.6) is 0 Å². The van der Waals surface area contributed by atoms with Crippen molar-refractivity contribution in [3.05, 3.63) is 168 Å². The van der Waals surface area contributed by atoms with Crippen LogP contribution in [0.15, 0.2) is 146 Å². The van der Waals surface area contributed by atoms with Crippen LogP contribution in [0.4, 0.5) is 0 Å². The highest BCUT2D eigenvalue weighted by molar-refractivity contribution is 6.22. The molecule has 7 aromatic rings. The lowest BCUT2D eigenvalue weighted by Crippen LogP contribution is -2.07. The Hall–Kier alpha value is -4.94. The van der Waals surface area contributed by atoms with Crippen molar-refractivity contribution in [2.24, 2.45) is 0 Å². The first-order valence-electron chi connectivity index (χ1n) is 14.2. The summed E-state index contributed by atoms with van der Waals surface area (Å²) in [4.78, 5) is 0. The van der Waals surface area contributed by atoms with Crippen molar-refractivity contribution in [3.63, 3.8) is 0 Å². The third-order valence-electron chi connectivity index (χ3n) is 8.57. The first-order chi connectivity index (χ1) is 19.9. The number of rotatable bonds is 3. The Morgan fingerprint density at radius 3 is 1.68 bits per heavy atom. The van der Waals surface area contributed by atoms with Gasteiger partial charge in [0.15, 0.2) is 0 Å². The van der Waals surface area contributed by atoms with Gasteiger partial charge in [-0.3, -0.25) is 0 Å². The fraction of sp³-hybridized carbons (Fsp3) is 0.0500. The normalized spacial score (nSPS) is 13.2. The molecule has 0 fully saturated rings. The number of hydrogen-bond donors (Lipinski definition) is 0. The van der Waals surface area contributed by atoms with Gasteiger partial charge in [0.2, 0.25) is 0 Å². The Morgan fingerprint density at radius 1 is 0.375 bits per heavy atom. The quantitative estimate of drug-likeness (QED) is 0.208. The molecular weight excluding hydrogens is 480 g/mol. The summed E-state index contributed by atoms with van der Waals surface area (Å²) in [6, 6.07) is 53.6. The van der Waals surface area contributed by atoms with Crippen LogP contribution in [0, 0.1) is 0 Å². The summed E-state index contributed by atoms with van der Waals surface area (Å²) >= 11 is 0. The minimum Gasteiger partial charge on any atom is -0.0622 e. The lowest BCUT2D eigenvalue weighted by molar-refractivity contribution is 0.994. The van der Waals surface area contributed by atoms with Gasteiger partial charge < -0.3 is 0 Å². The van der Waals surface area contributed by atoms with Crippen molar-refractivity contribution >= 4 is 43.5 Å². The van der Waals surface area contributed by atoms with E-state index in [1.54, 1.807) is 0 Å². The van der Waals surface area contributed by atoms with Gasteiger partial charge in [0, 0.05) is 0 Å². The summed E-state index contributed by atoms with van der Waals surface area (Å²) in [5.41, 5.74) is 10.9. The summed E-state index contributed by atoms with van der Waals surface area (Å²) in [5, 5.41) is 7.76. The van der Waals surface area contributed by atoms with E-state index in [0.29, 0.717) is 0 Å². The second-order valence-corrected chi connectivity index (χ2v) is 10.8. The van der Waals surface area contributed by atoms with E-state index in [4.69, 9.17) is 0 Å². The highest BCUT2D eigenvalue weighted by atomic mass is 14.3. The van der Waals surface area contributed by atoms with Gasteiger partial charge in [-0.15, -0.1) is 0 Å². The Labute approximate surface area is 234 Å². The molecule has 0 saturated heterocycles. The Bertz CT molecular complexity index is 2040. The molecule has 0 radical (unpaired) electrons. The van der Waals surface area contributed by atoms with E-state index in [1.165, 1.54) is 76.8 Å². The predicted octanol–water partition coefficient (Wildman–Crippen LogP) is 10.7. The van der Waals surface area contributed by atoms with Gasteiger partial charge in [0.25, 0.3) is 0 Å². The van der Waals surface area contributed by atoms with E-state index in [9.17, 15) is 0 Å². The van der Waals surface area contributed by atoms with Crippen LogP contribution in [0.2, 0.25) is 0 Å². The van der Waals surface area contributed by atoms with E-state index in [2.05, 4.69) is 146 Å². The lowest BCUT2D eigenvalue weighted by Gasteiger charge is -2.27. The topological polar surface area (TPSA) is 0 Å². The van der Waals surface area contributed by atoms with Crippen LogP contribution in [0.3, 0.4) is 0 Å². The third kappa shape index (κ3) is 3.61. The molecule has 7 aromatic carbocycles. The highest BCUT2D eigenvalue weighted by Crippen LogP contribution is 2.48. The monoisotopic (exact) mass is 508 g/mol. The average molecular weight is 509 g/mol. The van der Waals surface area contributed by atoms with E-state index >= 15 is 0 Å². The molecular formula is C40H28. The minimum atomic E-state index is 1.03. The number of fused-ring (bicyclic) bond motifs is 4. The minimum absolute atomic E-state index is 1.03. The van der Waals surface area contributed by atoms with E-state index in [0.717, 1.165) is 12.8 Å². The molecule has 0 saturated carbocycles. The number of benzene rings is 7. The molecule has 0 aliphatic heterocycles. The van der Waals surface area contributed by atoms with Crippen LogP contribution in [0.1, 0.15) is 28.7 Å². The smallest absolute Gasteiger partial charge is 0.00173 e. The molecule has 0 N–H and O–H groups in total. The standard InChI is InChI=1S/C40H28/c1-2-13-28(14-3-1)33-25-24-29-15-6-7-17-32(29)39(33)40-36-20-10-8-18-34(36)38(35-19-9-11-21-37(35)40)31-23-22-27-12-4-5-16-30(27)26-31/h1-23,26H,24-25H2. The van der Waals surface area contributed by atoms with Crippen molar-refractivity contribution in [2.45, 2.75) is 12.8 Å². The summed E-state index contributed by atoms with van der Waals surface area (Å²) in [6.45, 7) is 0. The lowest BCUT2D eigenvalue weighted by atomic mass is 9.76. The summed E-state index contributed by atoms with van der Waals surface area (Å²) in [5.74, 6) is 0. The van der Waals surface area contributed by atoms with E-state index < -0.39 is 0 Å². The largest absolute Gasteiger partial charge is 0.0622 e. The maximum Gasteiger partial charge on any atom is -0.00173 e. The second kappa shape index (κ2) is 9.36. The summed E-state index contributed by atoms with van der Waals surface area (Å²) in [7, 11) is 0. The zero-order valence-corrected chi connectivity index (χ0v) is 22.3. The van der Waals surface area contributed by atoms with Crippen molar-refractivity contribution in [2.75, 3.05) is 0 Å². The van der Waals surface area contributed by atoms with E-state index in [-0.39, 0.29) is 0 Å². The molecule has 0 spiro atoms. The molecule has 188 valence electrons. The summed E-state index contributed by atoms with van der Waals surface area (Å²) in [6.07, 6.45) is 2.10. The molecule has 0 atom stereocenters. The molecule has 0 bridgehead atoms. The second-order valence-electron chi connectivity index (χ2n) is 10.8. The molecule has 0 heterocycles. The van der Waals surface area contributed by atoms with Crippen LogP contribution in [0.25, 0.3) is 54.6 Å². The van der Waals surface area contributed by atoms with Gasteiger partial charge in [0.05, 0.1) is 0 Å². The van der Waals surface area contributed by atoms with Crippen LogP contribution >= 0.6 is 0 Å². The van der Waals surface area contributed by atoms with Gasteiger partial charge in [-0.2, -0.15) is 0 Å². The maximum absolute atomic E-state index is 2.35. The van der Waals surface area contributed by atoms with Gasteiger partial charge in [-0.25, -0.2) is 0 Å². The summed E-state index contributed by atoms with van der Waals surface area (Å²) < 4.78 is 0. The first kappa shape index (κ1) is 23.0.